The minimum Gasteiger partial charge on any atom is -0.373 e. The van der Waals surface area contributed by atoms with E-state index < -0.39 is 8.80 Å². The highest BCUT2D eigenvalue weighted by atomic mass is 32.1. The van der Waals surface area contributed by atoms with Crippen molar-refractivity contribution in [2.45, 2.75) is 0 Å². The van der Waals surface area contributed by atoms with E-state index in [1.54, 1.807) is 32.7 Å². The molecule has 0 amide bonds. The molecule has 0 atom stereocenters. The molecule has 0 bridgehead atoms. The van der Waals surface area contributed by atoms with Crippen molar-refractivity contribution in [3.63, 3.8) is 0 Å². The van der Waals surface area contributed by atoms with Crippen LogP contribution in [-0.4, -0.2) is 30.1 Å². The highest BCUT2D eigenvalue weighted by molar-refractivity contribution is 7.22. The van der Waals surface area contributed by atoms with Gasteiger partial charge in [0.05, 0.1) is 4.50 Å². The Morgan fingerprint density at radius 2 is 1.75 bits per heavy atom. The zero-order valence-electron chi connectivity index (χ0n) is 7.37. The maximum atomic E-state index is 5.29. The highest BCUT2D eigenvalue weighted by Gasteiger charge is 2.41. The van der Waals surface area contributed by atoms with Crippen molar-refractivity contribution in [2.75, 3.05) is 21.3 Å². The summed E-state index contributed by atoms with van der Waals surface area (Å²) in [5, 5.41) is 1.98. The molecule has 0 saturated carbocycles. The zero-order chi connectivity index (χ0) is 9.03. The summed E-state index contributed by atoms with van der Waals surface area (Å²) in [5.41, 5.74) is 0. The summed E-state index contributed by atoms with van der Waals surface area (Å²) in [6.45, 7) is 0. The van der Waals surface area contributed by atoms with E-state index in [-0.39, 0.29) is 0 Å². The van der Waals surface area contributed by atoms with Gasteiger partial charge >= 0.3 is 8.80 Å². The van der Waals surface area contributed by atoms with Gasteiger partial charge in [-0.25, -0.2) is 0 Å². The molecule has 68 valence electrons. The van der Waals surface area contributed by atoms with Crippen LogP contribution in [0.25, 0.3) is 0 Å². The molecule has 0 spiro atoms. The number of rotatable bonds is 4. The van der Waals surface area contributed by atoms with Gasteiger partial charge in [-0.05, 0) is 11.4 Å². The van der Waals surface area contributed by atoms with E-state index in [0.29, 0.717) is 0 Å². The summed E-state index contributed by atoms with van der Waals surface area (Å²) in [6, 6.07) is 3.92. The Hall–Kier alpha value is -0.203. The van der Waals surface area contributed by atoms with Crippen LogP contribution in [0.15, 0.2) is 17.5 Å². The van der Waals surface area contributed by atoms with Gasteiger partial charge in [-0.1, -0.05) is 6.07 Å². The van der Waals surface area contributed by atoms with E-state index in [4.69, 9.17) is 13.3 Å². The van der Waals surface area contributed by atoms with E-state index in [1.807, 2.05) is 17.5 Å². The Morgan fingerprint density at radius 3 is 2.08 bits per heavy atom. The average molecular weight is 204 g/mol. The van der Waals surface area contributed by atoms with Crippen LogP contribution in [0.2, 0.25) is 0 Å². The third-order valence-electron chi connectivity index (χ3n) is 1.63. The molecule has 1 aromatic rings. The molecule has 1 rings (SSSR count). The second kappa shape index (κ2) is 4.15. The molecular weight excluding hydrogens is 192 g/mol. The van der Waals surface area contributed by atoms with E-state index in [0.717, 1.165) is 4.50 Å². The Morgan fingerprint density at radius 1 is 1.17 bits per heavy atom. The first kappa shape index (κ1) is 9.88. The first-order chi connectivity index (χ1) is 5.79. The normalized spacial score (nSPS) is 11.9. The fourth-order valence-electron chi connectivity index (χ4n) is 1.00. The molecule has 0 aromatic carbocycles. The zero-order valence-corrected chi connectivity index (χ0v) is 9.18. The van der Waals surface area contributed by atoms with Gasteiger partial charge < -0.3 is 13.3 Å². The van der Waals surface area contributed by atoms with Crippen LogP contribution in [0.1, 0.15) is 0 Å². The Bertz CT molecular complexity index is 212. The van der Waals surface area contributed by atoms with E-state index in [1.165, 1.54) is 0 Å². The third kappa shape index (κ3) is 1.60. The molecule has 0 aliphatic heterocycles. The van der Waals surface area contributed by atoms with Crippen LogP contribution < -0.4 is 4.50 Å². The van der Waals surface area contributed by atoms with Crippen LogP contribution in [-0.2, 0) is 13.3 Å². The van der Waals surface area contributed by atoms with Crippen molar-refractivity contribution in [3.05, 3.63) is 17.5 Å². The topological polar surface area (TPSA) is 27.7 Å². The molecule has 5 heteroatoms. The number of hydrogen-bond donors (Lipinski definition) is 0. The minimum absolute atomic E-state index is 1.04. The molecule has 0 fully saturated rings. The Balaban J connectivity index is 2.93. The van der Waals surface area contributed by atoms with Gasteiger partial charge in [-0.2, -0.15) is 0 Å². The standard InChI is InChI=1S/C7H12O3SSi/c1-8-12(9-2,10-3)7-5-4-6-11-7/h4-6H,1-3H3. The van der Waals surface area contributed by atoms with Crippen LogP contribution in [0.5, 0.6) is 0 Å². The molecule has 1 heterocycles. The predicted molar refractivity (Wildman–Crippen MR) is 50.7 cm³/mol. The maximum Gasteiger partial charge on any atom is 0.546 e. The summed E-state index contributed by atoms with van der Waals surface area (Å²) >= 11 is 1.59. The van der Waals surface area contributed by atoms with Crippen LogP contribution in [0.3, 0.4) is 0 Å². The van der Waals surface area contributed by atoms with Crippen molar-refractivity contribution in [2.24, 2.45) is 0 Å². The van der Waals surface area contributed by atoms with Crippen LogP contribution in [0.4, 0.5) is 0 Å². The lowest BCUT2D eigenvalue weighted by atomic mass is 10.7. The summed E-state index contributed by atoms with van der Waals surface area (Å²) in [4.78, 5) is 0. The lowest BCUT2D eigenvalue weighted by Crippen LogP contribution is -2.53. The summed E-state index contributed by atoms with van der Waals surface area (Å²) in [7, 11) is 2.31. The van der Waals surface area contributed by atoms with Gasteiger partial charge in [0.1, 0.15) is 0 Å². The molecule has 12 heavy (non-hydrogen) atoms. The monoisotopic (exact) mass is 204 g/mol. The molecular formula is C7H12O3SSi. The lowest BCUT2D eigenvalue weighted by Gasteiger charge is -2.22. The maximum absolute atomic E-state index is 5.29. The average Bonchev–Trinajstić information content (AvgIpc) is 2.62. The Labute approximate surface area is 77.3 Å². The van der Waals surface area contributed by atoms with Crippen molar-refractivity contribution < 1.29 is 13.3 Å². The molecule has 0 aliphatic carbocycles. The minimum atomic E-state index is -2.52. The fraction of sp³-hybridized carbons (Fsp3) is 0.429. The predicted octanol–water partition coefficient (Wildman–Crippen LogP) is 0.833. The van der Waals surface area contributed by atoms with Gasteiger partial charge in [0.2, 0.25) is 0 Å². The summed E-state index contributed by atoms with van der Waals surface area (Å²) < 4.78 is 16.9. The van der Waals surface area contributed by atoms with Gasteiger partial charge in [0.15, 0.2) is 0 Å². The van der Waals surface area contributed by atoms with E-state index >= 15 is 0 Å². The molecule has 0 radical (unpaired) electrons. The SMILES string of the molecule is CO[Si](OC)(OC)c1cccs1. The molecule has 0 saturated heterocycles. The smallest absolute Gasteiger partial charge is 0.373 e. The highest BCUT2D eigenvalue weighted by Crippen LogP contribution is 2.10. The largest absolute Gasteiger partial charge is 0.546 e. The number of hydrogen-bond acceptors (Lipinski definition) is 4. The van der Waals surface area contributed by atoms with Crippen molar-refractivity contribution in [1.29, 1.82) is 0 Å². The molecule has 0 aliphatic rings. The second-order valence-electron chi connectivity index (χ2n) is 2.15. The van der Waals surface area contributed by atoms with Gasteiger partial charge in [0.25, 0.3) is 0 Å². The van der Waals surface area contributed by atoms with Crippen LogP contribution >= 0.6 is 11.3 Å². The first-order valence-corrected chi connectivity index (χ1v) is 6.09. The van der Waals surface area contributed by atoms with Crippen molar-refractivity contribution >= 4 is 24.6 Å². The molecule has 1 aromatic heterocycles. The van der Waals surface area contributed by atoms with E-state index in [9.17, 15) is 0 Å². The van der Waals surface area contributed by atoms with Gasteiger partial charge in [-0.3, -0.25) is 0 Å². The lowest BCUT2D eigenvalue weighted by molar-refractivity contribution is 0.141. The van der Waals surface area contributed by atoms with Crippen LogP contribution in [0, 0.1) is 0 Å². The molecule has 3 nitrogen and oxygen atoms in total. The number of thiophene rings is 1. The molecule has 0 unspecified atom stereocenters. The van der Waals surface area contributed by atoms with E-state index in [2.05, 4.69) is 0 Å². The van der Waals surface area contributed by atoms with Crippen molar-refractivity contribution in [3.8, 4) is 0 Å². The quantitative estimate of drug-likeness (QED) is 0.680. The van der Waals surface area contributed by atoms with Gasteiger partial charge in [0, 0.05) is 21.3 Å². The molecule has 0 N–H and O–H groups in total. The Kier molecular flexibility index (Phi) is 3.42. The van der Waals surface area contributed by atoms with Gasteiger partial charge in [-0.15, -0.1) is 11.3 Å². The first-order valence-electron chi connectivity index (χ1n) is 3.48. The third-order valence-corrected chi connectivity index (χ3v) is 5.80. The fourth-order valence-corrected chi connectivity index (χ4v) is 4.40. The second-order valence-corrected chi connectivity index (χ2v) is 6.33. The summed E-state index contributed by atoms with van der Waals surface area (Å²) in [5.74, 6) is 0. The summed E-state index contributed by atoms with van der Waals surface area (Å²) in [6.07, 6.45) is 0. The van der Waals surface area contributed by atoms with Crippen molar-refractivity contribution in [1.82, 2.24) is 0 Å².